The lowest BCUT2D eigenvalue weighted by atomic mass is 9.98. The van der Waals surface area contributed by atoms with E-state index in [-0.39, 0.29) is 19.1 Å². The molecule has 0 atom stereocenters. The molecule has 128 valence electrons. The number of carbonyl (C=O) groups is 2. The molecule has 2 aromatic rings. The molecule has 5 nitrogen and oxygen atoms in total. The Morgan fingerprint density at radius 1 is 1.25 bits per heavy atom. The molecule has 0 aliphatic carbocycles. The minimum absolute atomic E-state index is 0.140. The molecule has 0 fully saturated rings. The van der Waals surface area contributed by atoms with Gasteiger partial charge in [-0.2, -0.15) is 0 Å². The number of anilines is 1. The van der Waals surface area contributed by atoms with Gasteiger partial charge in [-0.25, -0.2) is 4.79 Å². The molecule has 0 unspecified atom stereocenters. The fraction of sp³-hybridized carbons (Fsp3) is 0.333. The summed E-state index contributed by atoms with van der Waals surface area (Å²) < 4.78 is 5.15. The van der Waals surface area contributed by atoms with Crippen LogP contribution in [0.2, 0.25) is 0 Å². The van der Waals surface area contributed by atoms with Gasteiger partial charge in [0.15, 0.2) is 0 Å². The Balaban J connectivity index is 2.45. The van der Waals surface area contributed by atoms with Crippen LogP contribution in [-0.2, 0) is 9.53 Å². The van der Waals surface area contributed by atoms with Crippen LogP contribution in [0.5, 0.6) is 0 Å². The molecule has 1 aromatic heterocycles. The van der Waals surface area contributed by atoms with Gasteiger partial charge >= 0.3 is 5.97 Å². The standard InChI is InChI=1S/C18H22N2O3S/c1-4-23-18(22)16-14(10-24-17(16)20-15(21)9-19)13-7-5-12(6-8-13)11(2)3/h5-8,10-11H,4,9,19H2,1-3H3,(H,20,21). The molecule has 0 radical (unpaired) electrons. The molecular formula is C18H22N2O3S. The number of benzene rings is 1. The zero-order valence-corrected chi connectivity index (χ0v) is 14.9. The van der Waals surface area contributed by atoms with Crippen molar-refractivity contribution in [2.75, 3.05) is 18.5 Å². The molecule has 3 N–H and O–H groups in total. The van der Waals surface area contributed by atoms with E-state index in [9.17, 15) is 9.59 Å². The Morgan fingerprint density at radius 2 is 1.92 bits per heavy atom. The largest absolute Gasteiger partial charge is 0.462 e. The Bertz CT molecular complexity index is 720. The van der Waals surface area contributed by atoms with Gasteiger partial charge in [0.25, 0.3) is 0 Å². The zero-order valence-electron chi connectivity index (χ0n) is 14.1. The maximum atomic E-state index is 12.4. The van der Waals surface area contributed by atoms with Gasteiger partial charge < -0.3 is 15.8 Å². The SMILES string of the molecule is CCOC(=O)c1c(-c2ccc(C(C)C)cc2)csc1NC(=O)CN. The lowest BCUT2D eigenvalue weighted by Gasteiger charge is -2.10. The summed E-state index contributed by atoms with van der Waals surface area (Å²) in [4.78, 5) is 24.0. The third kappa shape index (κ3) is 4.01. The Hall–Kier alpha value is -2.18. The van der Waals surface area contributed by atoms with E-state index in [0.29, 0.717) is 16.5 Å². The third-order valence-electron chi connectivity index (χ3n) is 3.60. The fourth-order valence-corrected chi connectivity index (χ4v) is 3.27. The van der Waals surface area contributed by atoms with Crippen LogP contribution in [0.25, 0.3) is 11.1 Å². The van der Waals surface area contributed by atoms with Crippen LogP contribution < -0.4 is 11.1 Å². The number of amides is 1. The van der Waals surface area contributed by atoms with Crippen LogP contribution in [0.1, 0.15) is 42.6 Å². The zero-order chi connectivity index (χ0) is 17.7. The highest BCUT2D eigenvalue weighted by Gasteiger charge is 2.22. The van der Waals surface area contributed by atoms with Gasteiger partial charge in [0.2, 0.25) is 5.91 Å². The molecule has 0 saturated carbocycles. The minimum Gasteiger partial charge on any atom is -0.462 e. The maximum Gasteiger partial charge on any atom is 0.341 e. The summed E-state index contributed by atoms with van der Waals surface area (Å²) >= 11 is 1.29. The summed E-state index contributed by atoms with van der Waals surface area (Å²) in [6, 6.07) is 8.05. The fourth-order valence-electron chi connectivity index (χ4n) is 2.29. The smallest absolute Gasteiger partial charge is 0.341 e. The lowest BCUT2D eigenvalue weighted by Crippen LogP contribution is -2.22. The quantitative estimate of drug-likeness (QED) is 0.783. The van der Waals surface area contributed by atoms with Crippen LogP contribution in [0.15, 0.2) is 29.6 Å². The number of esters is 1. The van der Waals surface area contributed by atoms with Gasteiger partial charge in [-0.15, -0.1) is 11.3 Å². The first-order valence-corrected chi connectivity index (χ1v) is 8.74. The number of hydrogen-bond donors (Lipinski definition) is 2. The van der Waals surface area contributed by atoms with Crippen molar-refractivity contribution in [3.8, 4) is 11.1 Å². The lowest BCUT2D eigenvalue weighted by molar-refractivity contribution is -0.114. The minimum atomic E-state index is -0.450. The number of carbonyl (C=O) groups excluding carboxylic acids is 2. The number of nitrogens with two attached hydrogens (primary N) is 1. The summed E-state index contributed by atoms with van der Waals surface area (Å²) in [6.45, 7) is 6.14. The number of nitrogens with one attached hydrogen (secondary N) is 1. The molecule has 1 aromatic carbocycles. The van der Waals surface area contributed by atoms with E-state index in [2.05, 4.69) is 19.2 Å². The van der Waals surface area contributed by atoms with Crippen molar-refractivity contribution in [1.82, 2.24) is 0 Å². The van der Waals surface area contributed by atoms with E-state index in [1.165, 1.54) is 16.9 Å². The molecule has 24 heavy (non-hydrogen) atoms. The first kappa shape index (κ1) is 18.2. The van der Waals surface area contributed by atoms with Gasteiger partial charge in [0.1, 0.15) is 10.6 Å². The van der Waals surface area contributed by atoms with E-state index in [4.69, 9.17) is 10.5 Å². The molecule has 2 rings (SSSR count). The summed E-state index contributed by atoms with van der Waals surface area (Å²) in [5.74, 6) is -0.358. The maximum absolute atomic E-state index is 12.4. The summed E-state index contributed by atoms with van der Waals surface area (Å²) in [7, 11) is 0. The molecule has 1 heterocycles. The van der Waals surface area contributed by atoms with Crippen molar-refractivity contribution in [1.29, 1.82) is 0 Å². The van der Waals surface area contributed by atoms with E-state index < -0.39 is 5.97 Å². The first-order valence-electron chi connectivity index (χ1n) is 7.86. The second-order valence-electron chi connectivity index (χ2n) is 5.60. The summed E-state index contributed by atoms with van der Waals surface area (Å²) in [6.07, 6.45) is 0. The van der Waals surface area contributed by atoms with Crippen molar-refractivity contribution in [3.63, 3.8) is 0 Å². The predicted octanol–water partition coefficient (Wildman–Crippen LogP) is 3.61. The van der Waals surface area contributed by atoms with E-state index in [1.54, 1.807) is 6.92 Å². The number of hydrogen-bond acceptors (Lipinski definition) is 5. The average molecular weight is 346 g/mol. The van der Waals surface area contributed by atoms with Crippen molar-refractivity contribution >= 4 is 28.2 Å². The Kier molecular flexibility index (Phi) is 6.11. The van der Waals surface area contributed by atoms with Crippen LogP contribution in [0, 0.1) is 0 Å². The van der Waals surface area contributed by atoms with E-state index in [1.807, 2.05) is 29.6 Å². The topological polar surface area (TPSA) is 81.4 Å². The number of thiophene rings is 1. The number of rotatable bonds is 6. The van der Waals surface area contributed by atoms with Crippen LogP contribution >= 0.6 is 11.3 Å². The second kappa shape index (κ2) is 8.08. The molecule has 1 amide bonds. The van der Waals surface area contributed by atoms with Crippen LogP contribution in [0.3, 0.4) is 0 Å². The molecule has 6 heteroatoms. The van der Waals surface area contributed by atoms with Gasteiger partial charge in [-0.1, -0.05) is 38.1 Å². The van der Waals surface area contributed by atoms with Crippen molar-refractivity contribution in [2.24, 2.45) is 5.73 Å². The van der Waals surface area contributed by atoms with Crippen LogP contribution in [0.4, 0.5) is 5.00 Å². The third-order valence-corrected chi connectivity index (χ3v) is 4.49. The Morgan fingerprint density at radius 3 is 2.46 bits per heavy atom. The van der Waals surface area contributed by atoms with Gasteiger partial charge in [-0.3, -0.25) is 4.79 Å². The number of ether oxygens (including phenoxy) is 1. The highest BCUT2D eigenvalue weighted by Crippen LogP contribution is 2.36. The van der Waals surface area contributed by atoms with Crippen molar-refractivity contribution in [2.45, 2.75) is 26.7 Å². The molecule has 0 bridgehead atoms. The second-order valence-corrected chi connectivity index (χ2v) is 6.48. The van der Waals surface area contributed by atoms with Crippen LogP contribution in [-0.4, -0.2) is 25.0 Å². The van der Waals surface area contributed by atoms with Gasteiger partial charge in [0.05, 0.1) is 13.2 Å². The normalized spacial score (nSPS) is 10.7. The highest BCUT2D eigenvalue weighted by atomic mass is 32.1. The van der Waals surface area contributed by atoms with E-state index >= 15 is 0 Å². The summed E-state index contributed by atoms with van der Waals surface area (Å²) in [5, 5.41) is 4.99. The Labute approximate surface area is 145 Å². The van der Waals surface area contributed by atoms with Gasteiger partial charge in [0, 0.05) is 10.9 Å². The average Bonchev–Trinajstić information content (AvgIpc) is 2.98. The molecule has 0 saturated heterocycles. The first-order chi connectivity index (χ1) is 11.5. The molecule has 0 aliphatic heterocycles. The molecule has 0 aliphatic rings. The monoisotopic (exact) mass is 346 g/mol. The van der Waals surface area contributed by atoms with Gasteiger partial charge in [-0.05, 0) is 24.0 Å². The summed E-state index contributed by atoms with van der Waals surface area (Å²) in [5.41, 5.74) is 8.61. The van der Waals surface area contributed by atoms with E-state index in [0.717, 1.165) is 11.1 Å². The van der Waals surface area contributed by atoms with Crippen molar-refractivity contribution in [3.05, 3.63) is 40.8 Å². The van der Waals surface area contributed by atoms with Crippen molar-refractivity contribution < 1.29 is 14.3 Å². The predicted molar refractivity (Wildman–Crippen MR) is 97.5 cm³/mol. The highest BCUT2D eigenvalue weighted by molar-refractivity contribution is 7.15. The molecule has 0 spiro atoms. The molecular weight excluding hydrogens is 324 g/mol.